The largest absolute Gasteiger partial charge is 0.353 e. The van der Waals surface area contributed by atoms with Crippen molar-refractivity contribution in [2.24, 2.45) is 16.7 Å². The van der Waals surface area contributed by atoms with Crippen LogP contribution in [0.5, 0.6) is 0 Å². The minimum absolute atomic E-state index is 0.142. The molecule has 0 radical (unpaired) electrons. The highest BCUT2D eigenvalue weighted by Gasteiger charge is 2.61. The van der Waals surface area contributed by atoms with Crippen LogP contribution in [0.1, 0.15) is 56.9 Å². The summed E-state index contributed by atoms with van der Waals surface area (Å²) in [6.45, 7) is 11.3. The first-order valence-electron chi connectivity index (χ1n) is 9.88. The SMILES string of the molecule is Cc1nc2ccccc2c(C)c1CC(=O)NC1CC2CCC1(C)C2(C)C. The van der Waals surface area contributed by atoms with E-state index in [9.17, 15) is 4.79 Å². The Morgan fingerprint density at radius 2 is 1.96 bits per heavy atom. The summed E-state index contributed by atoms with van der Waals surface area (Å²) >= 11 is 0. The normalized spacial score (nSPS) is 29.3. The highest BCUT2D eigenvalue weighted by Crippen LogP contribution is 2.65. The second-order valence-corrected chi connectivity index (χ2v) is 9.23. The molecule has 2 bridgehead atoms. The van der Waals surface area contributed by atoms with Crippen LogP contribution in [0.25, 0.3) is 10.9 Å². The van der Waals surface area contributed by atoms with E-state index in [1.54, 1.807) is 0 Å². The minimum Gasteiger partial charge on any atom is -0.353 e. The predicted molar refractivity (Wildman–Crippen MR) is 106 cm³/mol. The molecule has 2 aromatic rings. The summed E-state index contributed by atoms with van der Waals surface area (Å²) in [6, 6.07) is 8.49. The third-order valence-corrected chi connectivity index (χ3v) is 7.95. The zero-order valence-corrected chi connectivity index (χ0v) is 16.6. The Hall–Kier alpha value is -1.90. The van der Waals surface area contributed by atoms with Crippen LogP contribution in [0, 0.1) is 30.6 Å². The first-order valence-corrected chi connectivity index (χ1v) is 9.88. The van der Waals surface area contributed by atoms with Crippen molar-refractivity contribution in [2.75, 3.05) is 0 Å². The summed E-state index contributed by atoms with van der Waals surface area (Å²) in [5, 5.41) is 4.54. The number of rotatable bonds is 3. The fraction of sp³-hybridized carbons (Fsp3) is 0.565. The molecule has 3 atom stereocenters. The van der Waals surface area contributed by atoms with Gasteiger partial charge in [-0.25, -0.2) is 0 Å². The lowest BCUT2D eigenvalue weighted by molar-refractivity contribution is -0.122. The molecule has 1 aromatic heterocycles. The van der Waals surface area contributed by atoms with Gasteiger partial charge in [-0.2, -0.15) is 0 Å². The minimum atomic E-state index is 0.142. The number of pyridine rings is 1. The quantitative estimate of drug-likeness (QED) is 0.870. The molecule has 0 aliphatic heterocycles. The van der Waals surface area contributed by atoms with Crippen LogP contribution in [-0.4, -0.2) is 16.9 Å². The third-order valence-electron chi connectivity index (χ3n) is 7.95. The zero-order valence-electron chi connectivity index (χ0n) is 16.6. The highest BCUT2D eigenvalue weighted by atomic mass is 16.1. The standard InChI is InChI=1S/C23H30N2O/c1-14-17-8-6-7-9-19(17)24-15(2)18(14)13-21(26)25-20-12-16-10-11-23(20,5)22(16,3)4/h6-9,16,20H,10-13H2,1-5H3,(H,25,26). The lowest BCUT2D eigenvalue weighted by Gasteiger charge is -2.39. The number of carbonyl (C=O) groups is 1. The molecule has 2 aliphatic carbocycles. The van der Waals surface area contributed by atoms with Crippen molar-refractivity contribution in [3.05, 3.63) is 41.1 Å². The number of amides is 1. The first-order chi connectivity index (χ1) is 12.2. The van der Waals surface area contributed by atoms with Gasteiger partial charge in [-0.15, -0.1) is 0 Å². The summed E-state index contributed by atoms with van der Waals surface area (Å²) in [5.74, 6) is 0.881. The average Bonchev–Trinajstić information content (AvgIpc) is 2.92. The summed E-state index contributed by atoms with van der Waals surface area (Å²) in [5.41, 5.74) is 4.78. The Kier molecular flexibility index (Phi) is 3.91. The molecule has 0 saturated heterocycles. The van der Waals surface area contributed by atoms with E-state index in [4.69, 9.17) is 4.98 Å². The van der Waals surface area contributed by atoms with Crippen LogP contribution >= 0.6 is 0 Å². The maximum Gasteiger partial charge on any atom is 0.224 e. The zero-order chi connectivity index (χ0) is 18.7. The first kappa shape index (κ1) is 17.5. The van der Waals surface area contributed by atoms with E-state index in [0.29, 0.717) is 17.9 Å². The number of benzene rings is 1. The number of hydrogen-bond acceptors (Lipinski definition) is 2. The number of para-hydroxylation sites is 1. The van der Waals surface area contributed by atoms with Crippen molar-refractivity contribution in [3.63, 3.8) is 0 Å². The van der Waals surface area contributed by atoms with Gasteiger partial charge in [0.15, 0.2) is 0 Å². The number of carbonyl (C=O) groups excluding carboxylic acids is 1. The lowest BCUT2D eigenvalue weighted by atomic mass is 9.69. The fourth-order valence-electron chi connectivity index (χ4n) is 5.66. The maximum absolute atomic E-state index is 12.9. The van der Waals surface area contributed by atoms with E-state index >= 15 is 0 Å². The molecule has 0 spiro atoms. The van der Waals surface area contributed by atoms with Crippen molar-refractivity contribution in [2.45, 2.75) is 66.3 Å². The second kappa shape index (κ2) is 5.80. The molecule has 26 heavy (non-hydrogen) atoms. The molecule has 3 heteroatoms. The molecule has 4 rings (SSSR count). The maximum atomic E-state index is 12.9. The van der Waals surface area contributed by atoms with Crippen LogP contribution in [0.15, 0.2) is 24.3 Å². The predicted octanol–water partition coefficient (Wildman–Crippen LogP) is 4.73. The molecule has 1 N–H and O–H groups in total. The number of nitrogens with one attached hydrogen (secondary N) is 1. The van der Waals surface area contributed by atoms with Crippen molar-refractivity contribution < 1.29 is 4.79 Å². The van der Waals surface area contributed by atoms with E-state index in [0.717, 1.165) is 34.5 Å². The fourth-order valence-corrected chi connectivity index (χ4v) is 5.66. The van der Waals surface area contributed by atoms with Crippen molar-refractivity contribution in [1.82, 2.24) is 10.3 Å². The summed E-state index contributed by atoms with van der Waals surface area (Å²) in [4.78, 5) is 17.6. The van der Waals surface area contributed by atoms with E-state index in [1.165, 1.54) is 18.4 Å². The Bertz CT molecular complexity index is 885. The molecule has 3 unspecified atom stereocenters. The molecular weight excluding hydrogens is 320 g/mol. The lowest BCUT2D eigenvalue weighted by Crippen LogP contribution is -2.47. The van der Waals surface area contributed by atoms with E-state index < -0.39 is 0 Å². The van der Waals surface area contributed by atoms with E-state index in [2.05, 4.69) is 39.1 Å². The molecule has 138 valence electrons. The van der Waals surface area contributed by atoms with Gasteiger partial charge in [0.2, 0.25) is 5.91 Å². The number of aromatic nitrogens is 1. The Labute approximate surface area is 156 Å². The number of hydrogen-bond donors (Lipinski definition) is 1. The van der Waals surface area contributed by atoms with Gasteiger partial charge < -0.3 is 5.32 Å². The molecule has 2 saturated carbocycles. The van der Waals surface area contributed by atoms with Crippen LogP contribution in [-0.2, 0) is 11.2 Å². The van der Waals surface area contributed by atoms with Crippen LogP contribution in [0.2, 0.25) is 0 Å². The summed E-state index contributed by atoms with van der Waals surface area (Å²) in [6.07, 6.45) is 4.09. The average molecular weight is 351 g/mol. The number of nitrogens with zero attached hydrogens (tertiary/aromatic N) is 1. The molecule has 1 amide bonds. The molecular formula is C23H30N2O. The molecule has 1 heterocycles. The van der Waals surface area contributed by atoms with Crippen molar-refractivity contribution in [1.29, 1.82) is 0 Å². The number of fused-ring (bicyclic) bond motifs is 3. The Balaban J connectivity index is 1.56. The van der Waals surface area contributed by atoms with Gasteiger partial charge in [-0.3, -0.25) is 9.78 Å². The highest BCUT2D eigenvalue weighted by molar-refractivity contribution is 5.86. The third kappa shape index (κ3) is 2.39. The summed E-state index contributed by atoms with van der Waals surface area (Å²) < 4.78 is 0. The Morgan fingerprint density at radius 3 is 2.62 bits per heavy atom. The van der Waals surface area contributed by atoms with Crippen LogP contribution in [0.3, 0.4) is 0 Å². The molecule has 3 nitrogen and oxygen atoms in total. The monoisotopic (exact) mass is 350 g/mol. The second-order valence-electron chi connectivity index (χ2n) is 9.23. The number of aryl methyl sites for hydroxylation is 2. The molecule has 2 aliphatic rings. The smallest absolute Gasteiger partial charge is 0.224 e. The van der Waals surface area contributed by atoms with E-state index in [1.807, 2.05) is 25.1 Å². The van der Waals surface area contributed by atoms with Crippen molar-refractivity contribution >= 4 is 16.8 Å². The van der Waals surface area contributed by atoms with Gasteiger partial charge >= 0.3 is 0 Å². The summed E-state index contributed by atoms with van der Waals surface area (Å²) in [7, 11) is 0. The van der Waals surface area contributed by atoms with Crippen LogP contribution in [0.4, 0.5) is 0 Å². The van der Waals surface area contributed by atoms with Crippen LogP contribution < -0.4 is 5.32 Å². The van der Waals surface area contributed by atoms with E-state index in [-0.39, 0.29) is 11.3 Å². The molecule has 1 aromatic carbocycles. The van der Waals surface area contributed by atoms with Gasteiger partial charge in [0.25, 0.3) is 0 Å². The molecule has 2 fully saturated rings. The Morgan fingerprint density at radius 1 is 1.23 bits per heavy atom. The topological polar surface area (TPSA) is 42.0 Å². The van der Waals surface area contributed by atoms with Gasteiger partial charge in [0, 0.05) is 17.1 Å². The van der Waals surface area contributed by atoms with Gasteiger partial charge in [0.1, 0.15) is 0 Å². The van der Waals surface area contributed by atoms with Gasteiger partial charge in [-0.1, -0.05) is 39.0 Å². The van der Waals surface area contributed by atoms with Gasteiger partial charge in [0.05, 0.1) is 11.9 Å². The van der Waals surface area contributed by atoms with Crippen molar-refractivity contribution in [3.8, 4) is 0 Å². The van der Waals surface area contributed by atoms with Gasteiger partial charge in [-0.05, 0) is 67.1 Å².